The lowest BCUT2D eigenvalue weighted by molar-refractivity contribution is 0.0821. The molecule has 0 radical (unpaired) electrons. The smallest absolute Gasteiger partial charge is 0.195 e. The average Bonchev–Trinajstić information content (AvgIpc) is 2.93. The maximum Gasteiger partial charge on any atom is 0.195 e. The summed E-state index contributed by atoms with van der Waals surface area (Å²) in [6, 6.07) is 13.5. The molecule has 3 aromatic rings. The lowest BCUT2D eigenvalue weighted by Crippen LogP contribution is -2.19. The van der Waals surface area contributed by atoms with Gasteiger partial charge < -0.3 is 19.9 Å². The van der Waals surface area contributed by atoms with Crippen LogP contribution in [0.15, 0.2) is 54.7 Å². The monoisotopic (exact) mass is 311 g/mol. The number of carbonyl (C=O) groups is 1. The lowest BCUT2D eigenvalue weighted by Gasteiger charge is -2.09. The quantitative estimate of drug-likeness (QED) is 0.629. The van der Waals surface area contributed by atoms with E-state index in [1.807, 2.05) is 24.3 Å². The molecule has 5 nitrogen and oxygen atoms in total. The summed E-state index contributed by atoms with van der Waals surface area (Å²) in [4.78, 5) is 12.7. The first-order chi connectivity index (χ1) is 11.1. The topological polar surface area (TPSA) is 82.7 Å². The summed E-state index contributed by atoms with van der Waals surface area (Å²) in [7, 11) is 0. The van der Waals surface area contributed by atoms with Crippen molar-refractivity contribution in [2.45, 2.75) is 12.6 Å². The number of benzene rings is 2. The standard InChI is InChI=1S/C18H17NO4/c20-11-14(22)9-19-10-16(15-3-1-2-4-17(15)19)18(23)12-5-7-13(21)8-6-12/h1-8,10,14,20-22H,9,11H2. The van der Waals surface area contributed by atoms with Gasteiger partial charge in [0.1, 0.15) is 5.75 Å². The van der Waals surface area contributed by atoms with Gasteiger partial charge in [0.05, 0.1) is 19.3 Å². The Morgan fingerprint density at radius 3 is 2.48 bits per heavy atom. The molecule has 0 amide bonds. The fraction of sp³-hybridized carbons (Fsp3) is 0.167. The van der Waals surface area contributed by atoms with Crippen molar-refractivity contribution in [3.8, 4) is 5.75 Å². The number of carbonyl (C=O) groups excluding carboxylic acids is 1. The van der Waals surface area contributed by atoms with Gasteiger partial charge in [-0.1, -0.05) is 18.2 Å². The molecule has 0 aliphatic heterocycles. The molecule has 5 heteroatoms. The highest BCUT2D eigenvalue weighted by Gasteiger charge is 2.17. The first-order valence-electron chi connectivity index (χ1n) is 7.30. The maximum absolute atomic E-state index is 12.7. The Balaban J connectivity index is 2.06. The number of aliphatic hydroxyl groups is 2. The molecule has 3 N–H and O–H groups in total. The van der Waals surface area contributed by atoms with Crippen LogP contribution < -0.4 is 0 Å². The number of nitrogens with zero attached hydrogens (tertiary/aromatic N) is 1. The Morgan fingerprint density at radius 1 is 1.09 bits per heavy atom. The molecule has 0 saturated carbocycles. The SMILES string of the molecule is O=C(c1ccc(O)cc1)c1cn(CC(O)CO)c2ccccc12. The molecule has 3 rings (SSSR count). The zero-order chi connectivity index (χ0) is 16.4. The third-order valence-corrected chi connectivity index (χ3v) is 3.78. The van der Waals surface area contributed by atoms with E-state index in [1.165, 1.54) is 12.1 Å². The Bertz CT molecular complexity index is 836. The molecule has 1 atom stereocenters. The second-order valence-corrected chi connectivity index (χ2v) is 5.42. The lowest BCUT2D eigenvalue weighted by atomic mass is 10.0. The number of hydrogen-bond donors (Lipinski definition) is 3. The van der Waals surface area contributed by atoms with Crippen LogP contribution in [0.3, 0.4) is 0 Å². The minimum Gasteiger partial charge on any atom is -0.508 e. The first kappa shape index (κ1) is 15.3. The number of aromatic nitrogens is 1. The third-order valence-electron chi connectivity index (χ3n) is 3.78. The first-order valence-corrected chi connectivity index (χ1v) is 7.30. The minimum absolute atomic E-state index is 0.107. The van der Waals surface area contributed by atoms with Crippen LogP contribution in [0.1, 0.15) is 15.9 Å². The molecule has 0 saturated heterocycles. The van der Waals surface area contributed by atoms with Gasteiger partial charge in [0, 0.05) is 28.2 Å². The van der Waals surface area contributed by atoms with Crippen LogP contribution in [0.25, 0.3) is 10.9 Å². The molecule has 0 spiro atoms. The molecule has 0 bridgehead atoms. The predicted octanol–water partition coefficient (Wildman–Crippen LogP) is 1.93. The Labute approximate surface area is 133 Å². The summed E-state index contributed by atoms with van der Waals surface area (Å²) in [5.41, 5.74) is 1.83. The molecule has 1 unspecified atom stereocenters. The van der Waals surface area contributed by atoms with Crippen LogP contribution in [-0.4, -0.2) is 38.4 Å². The second kappa shape index (κ2) is 6.24. The van der Waals surface area contributed by atoms with Crippen molar-refractivity contribution in [2.75, 3.05) is 6.61 Å². The number of fused-ring (bicyclic) bond motifs is 1. The van der Waals surface area contributed by atoms with E-state index in [1.54, 1.807) is 22.9 Å². The summed E-state index contributed by atoms with van der Waals surface area (Å²) in [5, 5.41) is 28.8. The van der Waals surface area contributed by atoms with Crippen LogP contribution >= 0.6 is 0 Å². The number of para-hydroxylation sites is 1. The van der Waals surface area contributed by atoms with E-state index in [9.17, 15) is 15.0 Å². The summed E-state index contributed by atoms with van der Waals surface area (Å²) in [6.07, 6.45) is 0.807. The molecule has 2 aromatic carbocycles. The van der Waals surface area contributed by atoms with Crippen molar-refractivity contribution in [3.63, 3.8) is 0 Å². The van der Waals surface area contributed by atoms with E-state index < -0.39 is 6.10 Å². The Kier molecular flexibility index (Phi) is 4.14. The van der Waals surface area contributed by atoms with Gasteiger partial charge in [-0.15, -0.1) is 0 Å². The van der Waals surface area contributed by atoms with Gasteiger partial charge in [0.15, 0.2) is 5.78 Å². The van der Waals surface area contributed by atoms with Gasteiger partial charge >= 0.3 is 0 Å². The van der Waals surface area contributed by atoms with E-state index in [0.717, 1.165) is 10.9 Å². The van der Waals surface area contributed by atoms with Gasteiger partial charge in [-0.2, -0.15) is 0 Å². The number of phenols is 1. The van der Waals surface area contributed by atoms with E-state index in [4.69, 9.17) is 5.11 Å². The summed E-state index contributed by atoms with van der Waals surface area (Å²) < 4.78 is 1.77. The number of aliphatic hydroxyl groups excluding tert-OH is 2. The van der Waals surface area contributed by atoms with Crippen molar-refractivity contribution in [1.82, 2.24) is 4.57 Å². The molecular formula is C18H17NO4. The van der Waals surface area contributed by atoms with Gasteiger partial charge in [0.25, 0.3) is 0 Å². The summed E-state index contributed by atoms with van der Waals surface area (Å²) in [5.74, 6) is -0.0477. The largest absolute Gasteiger partial charge is 0.508 e. The highest BCUT2D eigenvalue weighted by Crippen LogP contribution is 2.25. The van der Waals surface area contributed by atoms with E-state index in [2.05, 4.69) is 0 Å². The predicted molar refractivity (Wildman–Crippen MR) is 86.6 cm³/mol. The zero-order valence-corrected chi connectivity index (χ0v) is 12.4. The van der Waals surface area contributed by atoms with Crippen molar-refractivity contribution in [1.29, 1.82) is 0 Å². The van der Waals surface area contributed by atoms with Crippen molar-refractivity contribution in [3.05, 3.63) is 65.9 Å². The molecule has 23 heavy (non-hydrogen) atoms. The summed E-state index contributed by atoms with van der Waals surface area (Å²) >= 11 is 0. The fourth-order valence-electron chi connectivity index (χ4n) is 2.63. The number of ketones is 1. The van der Waals surface area contributed by atoms with E-state index in [-0.39, 0.29) is 24.7 Å². The highest BCUT2D eigenvalue weighted by atomic mass is 16.3. The normalized spacial score (nSPS) is 12.4. The van der Waals surface area contributed by atoms with Crippen molar-refractivity contribution < 1.29 is 20.1 Å². The number of hydrogen-bond acceptors (Lipinski definition) is 4. The maximum atomic E-state index is 12.7. The van der Waals surface area contributed by atoms with E-state index >= 15 is 0 Å². The Hall–Kier alpha value is -2.63. The van der Waals surface area contributed by atoms with Gasteiger partial charge in [-0.05, 0) is 30.3 Å². The van der Waals surface area contributed by atoms with Gasteiger partial charge in [-0.25, -0.2) is 0 Å². The minimum atomic E-state index is -0.887. The van der Waals surface area contributed by atoms with Crippen LogP contribution in [0.2, 0.25) is 0 Å². The molecule has 0 aliphatic carbocycles. The number of aromatic hydroxyl groups is 1. The third kappa shape index (κ3) is 2.97. The fourth-order valence-corrected chi connectivity index (χ4v) is 2.63. The van der Waals surface area contributed by atoms with Gasteiger partial charge in [0.2, 0.25) is 0 Å². The Morgan fingerprint density at radius 2 is 1.78 bits per heavy atom. The van der Waals surface area contributed by atoms with Crippen LogP contribution in [0.5, 0.6) is 5.75 Å². The van der Waals surface area contributed by atoms with Crippen LogP contribution in [0, 0.1) is 0 Å². The van der Waals surface area contributed by atoms with Gasteiger partial charge in [-0.3, -0.25) is 4.79 Å². The second-order valence-electron chi connectivity index (χ2n) is 5.42. The molecule has 118 valence electrons. The van der Waals surface area contributed by atoms with Crippen molar-refractivity contribution >= 4 is 16.7 Å². The number of phenolic OH excluding ortho intramolecular Hbond substituents is 1. The van der Waals surface area contributed by atoms with Crippen molar-refractivity contribution in [2.24, 2.45) is 0 Å². The summed E-state index contributed by atoms with van der Waals surface area (Å²) in [6.45, 7) is -0.131. The molecule has 0 aliphatic rings. The molecule has 1 heterocycles. The zero-order valence-electron chi connectivity index (χ0n) is 12.4. The van der Waals surface area contributed by atoms with Crippen LogP contribution in [0.4, 0.5) is 0 Å². The molecule has 1 aromatic heterocycles. The average molecular weight is 311 g/mol. The number of rotatable bonds is 5. The van der Waals surface area contributed by atoms with Crippen LogP contribution in [-0.2, 0) is 6.54 Å². The molecule has 0 fully saturated rings. The van der Waals surface area contributed by atoms with E-state index in [0.29, 0.717) is 11.1 Å². The highest BCUT2D eigenvalue weighted by molar-refractivity contribution is 6.16. The molecular weight excluding hydrogens is 294 g/mol.